The molecule has 0 saturated heterocycles. The maximum Gasteiger partial charge on any atom is 0.291 e. The van der Waals surface area contributed by atoms with Crippen LogP contribution in [0.4, 0.5) is 5.69 Å². The molecule has 0 aliphatic carbocycles. The highest BCUT2D eigenvalue weighted by atomic mass is 16.2. The fourth-order valence-electron chi connectivity index (χ4n) is 2.81. The Hall–Kier alpha value is -3.81. The second-order valence-corrected chi connectivity index (χ2v) is 6.10. The van der Waals surface area contributed by atoms with Gasteiger partial charge in [-0.05, 0) is 36.8 Å². The Kier molecular flexibility index (Phi) is 5.30. The topological polar surface area (TPSA) is 120 Å². The van der Waals surface area contributed by atoms with Crippen LogP contribution in [-0.2, 0) is 6.42 Å². The minimum Gasteiger partial charge on any atom is -0.366 e. The summed E-state index contributed by atoms with van der Waals surface area (Å²) in [7, 11) is 0. The first-order valence-corrected chi connectivity index (χ1v) is 8.66. The number of hydrogen-bond acceptors (Lipinski definition) is 6. The normalized spacial score (nSPS) is 10.5. The van der Waals surface area contributed by atoms with E-state index in [2.05, 4.69) is 15.4 Å². The molecule has 28 heavy (non-hydrogen) atoms. The maximum absolute atomic E-state index is 12.9. The lowest BCUT2D eigenvalue weighted by Crippen LogP contribution is -2.35. The van der Waals surface area contributed by atoms with E-state index in [9.17, 15) is 14.4 Å². The van der Waals surface area contributed by atoms with Crippen molar-refractivity contribution in [3.63, 3.8) is 0 Å². The van der Waals surface area contributed by atoms with Crippen LogP contribution in [-0.4, -0.2) is 26.3 Å². The van der Waals surface area contributed by atoms with E-state index in [-0.39, 0.29) is 17.0 Å². The number of benzene rings is 1. The quantitative estimate of drug-likeness (QED) is 0.634. The van der Waals surface area contributed by atoms with Gasteiger partial charge in [-0.25, -0.2) is 9.66 Å². The van der Waals surface area contributed by atoms with Crippen molar-refractivity contribution in [2.45, 2.75) is 20.3 Å². The molecule has 1 amide bonds. The van der Waals surface area contributed by atoms with Crippen LogP contribution < -0.4 is 16.7 Å². The van der Waals surface area contributed by atoms with Crippen molar-refractivity contribution >= 4 is 17.4 Å². The minimum atomic E-state index is -0.595. The van der Waals surface area contributed by atoms with Gasteiger partial charge in [-0.1, -0.05) is 13.0 Å². The monoisotopic (exact) mass is 377 g/mol. The number of rotatable bonds is 6. The summed E-state index contributed by atoms with van der Waals surface area (Å²) in [6.45, 7) is 3.17. The molecule has 0 saturated carbocycles. The summed E-state index contributed by atoms with van der Waals surface area (Å²) >= 11 is 0. The van der Waals surface area contributed by atoms with Crippen LogP contribution in [0.15, 0.2) is 53.6 Å². The Morgan fingerprint density at radius 2 is 2.00 bits per heavy atom. The van der Waals surface area contributed by atoms with Crippen molar-refractivity contribution in [3.8, 4) is 11.3 Å². The third-order valence-electron chi connectivity index (χ3n) is 4.14. The zero-order valence-corrected chi connectivity index (χ0v) is 15.5. The van der Waals surface area contributed by atoms with Crippen LogP contribution in [0.25, 0.3) is 11.3 Å². The van der Waals surface area contributed by atoms with Crippen molar-refractivity contribution in [3.05, 3.63) is 76.1 Å². The van der Waals surface area contributed by atoms with Gasteiger partial charge in [-0.2, -0.15) is 0 Å². The summed E-state index contributed by atoms with van der Waals surface area (Å²) in [6, 6.07) is 9.86. The van der Waals surface area contributed by atoms with E-state index in [0.717, 1.165) is 4.68 Å². The number of pyridine rings is 1. The molecule has 0 atom stereocenters. The number of carbonyl (C=O) groups excluding carboxylic acids is 2. The van der Waals surface area contributed by atoms with Crippen molar-refractivity contribution in [1.29, 1.82) is 0 Å². The number of aromatic nitrogens is 3. The molecule has 1 aromatic carbocycles. The number of carbonyl (C=O) groups is 2. The number of ketones is 1. The lowest BCUT2D eigenvalue weighted by atomic mass is 10.1. The lowest BCUT2D eigenvalue weighted by molar-refractivity contribution is 0.0993. The van der Waals surface area contributed by atoms with Gasteiger partial charge in [0.05, 0.1) is 5.69 Å². The Labute approximate surface area is 161 Å². The highest BCUT2D eigenvalue weighted by molar-refractivity contribution is 5.98. The average molecular weight is 377 g/mol. The van der Waals surface area contributed by atoms with Crippen LogP contribution in [0.5, 0.6) is 0 Å². The highest BCUT2D eigenvalue weighted by Gasteiger charge is 2.21. The zero-order valence-electron chi connectivity index (χ0n) is 15.5. The van der Waals surface area contributed by atoms with Gasteiger partial charge >= 0.3 is 0 Å². The van der Waals surface area contributed by atoms with E-state index in [1.807, 2.05) is 6.92 Å². The molecule has 8 nitrogen and oxygen atoms in total. The molecule has 2 aromatic heterocycles. The Bertz CT molecular complexity index is 1110. The summed E-state index contributed by atoms with van der Waals surface area (Å²) in [5, 5.41) is 0. The number of aryl methyl sites for hydroxylation is 1. The van der Waals surface area contributed by atoms with Crippen molar-refractivity contribution in [1.82, 2.24) is 14.6 Å². The lowest BCUT2D eigenvalue weighted by Gasteiger charge is -2.18. The van der Waals surface area contributed by atoms with E-state index >= 15 is 0 Å². The Morgan fingerprint density at radius 1 is 1.21 bits per heavy atom. The van der Waals surface area contributed by atoms with Crippen LogP contribution in [0.1, 0.15) is 40.4 Å². The second kappa shape index (κ2) is 7.83. The summed E-state index contributed by atoms with van der Waals surface area (Å²) in [5.74, 6) is -0.938. The third-order valence-corrected chi connectivity index (χ3v) is 4.14. The number of hydrogen-bond donors (Lipinski definition) is 2. The third kappa shape index (κ3) is 3.66. The number of Topliss-reactive ketones (excluding diaryl/α,β-unsaturated/α-hetero) is 1. The summed E-state index contributed by atoms with van der Waals surface area (Å²) in [4.78, 5) is 45.3. The number of amides is 1. The number of nitrogens with zero attached hydrogens (tertiary/aromatic N) is 3. The van der Waals surface area contributed by atoms with E-state index in [1.54, 1.807) is 42.7 Å². The van der Waals surface area contributed by atoms with Gasteiger partial charge in [0.1, 0.15) is 17.1 Å². The molecule has 2 heterocycles. The first kappa shape index (κ1) is 19.0. The van der Waals surface area contributed by atoms with E-state index in [4.69, 9.17) is 5.73 Å². The molecule has 3 N–H and O–H groups in total. The van der Waals surface area contributed by atoms with Gasteiger partial charge in [0.15, 0.2) is 5.78 Å². The van der Waals surface area contributed by atoms with Crippen molar-refractivity contribution in [2.24, 2.45) is 5.73 Å². The molecule has 8 heteroatoms. The molecule has 0 fully saturated rings. The van der Waals surface area contributed by atoms with Crippen LogP contribution in [0.2, 0.25) is 0 Å². The van der Waals surface area contributed by atoms with E-state index in [0.29, 0.717) is 29.1 Å². The molecule has 0 aliphatic rings. The van der Waals surface area contributed by atoms with Gasteiger partial charge in [-0.3, -0.25) is 24.8 Å². The Balaban J connectivity index is 2.25. The second-order valence-electron chi connectivity index (χ2n) is 6.10. The summed E-state index contributed by atoms with van der Waals surface area (Å²) in [6.07, 6.45) is 3.57. The predicted molar refractivity (Wildman–Crippen MR) is 105 cm³/mol. The average Bonchev–Trinajstić information content (AvgIpc) is 2.69. The number of nitrogens with two attached hydrogens (primary N) is 1. The number of nitrogens with one attached hydrogen (secondary N) is 1. The molecular weight excluding hydrogens is 358 g/mol. The number of anilines is 1. The van der Waals surface area contributed by atoms with Crippen LogP contribution in [0, 0.1) is 0 Å². The highest BCUT2D eigenvalue weighted by Crippen LogP contribution is 2.21. The SMILES string of the molecule is CCc1nc(-c2cccnc2)c(C(C)=O)n(Nc2cccc(C(N)=O)c2)c1=O. The standard InChI is InChI=1S/C20H19N5O3/c1-3-16-20(28)25(24-15-8-4-6-13(10-15)19(21)27)18(12(2)26)17(23-16)14-7-5-9-22-11-14/h4-11,24H,3H2,1-2H3,(H2,21,27). The maximum atomic E-state index is 12.9. The first-order valence-electron chi connectivity index (χ1n) is 8.66. The van der Waals surface area contributed by atoms with Gasteiger partial charge in [0.2, 0.25) is 5.91 Å². The minimum absolute atomic E-state index is 0.0969. The van der Waals surface area contributed by atoms with Crippen LogP contribution in [0.3, 0.4) is 0 Å². The fraction of sp³-hybridized carbons (Fsp3) is 0.150. The molecule has 142 valence electrons. The largest absolute Gasteiger partial charge is 0.366 e. The molecule has 0 radical (unpaired) electrons. The molecule has 0 unspecified atom stereocenters. The first-order chi connectivity index (χ1) is 13.4. The predicted octanol–water partition coefficient (Wildman–Crippen LogP) is 2.04. The molecule has 0 aliphatic heterocycles. The molecule has 0 bridgehead atoms. The Morgan fingerprint density at radius 3 is 2.61 bits per heavy atom. The van der Waals surface area contributed by atoms with Gasteiger partial charge in [0.25, 0.3) is 5.56 Å². The molecule has 3 aromatic rings. The van der Waals surface area contributed by atoms with E-state index in [1.165, 1.54) is 13.0 Å². The van der Waals surface area contributed by atoms with Crippen LogP contribution >= 0.6 is 0 Å². The summed E-state index contributed by atoms with van der Waals surface area (Å²) < 4.78 is 1.16. The summed E-state index contributed by atoms with van der Waals surface area (Å²) in [5.41, 5.74) is 9.88. The van der Waals surface area contributed by atoms with Crippen molar-refractivity contribution in [2.75, 3.05) is 5.43 Å². The molecular formula is C20H19N5O3. The smallest absolute Gasteiger partial charge is 0.291 e. The van der Waals surface area contributed by atoms with Gasteiger partial charge in [0, 0.05) is 30.4 Å². The fourth-order valence-corrected chi connectivity index (χ4v) is 2.81. The van der Waals surface area contributed by atoms with Crippen molar-refractivity contribution < 1.29 is 9.59 Å². The zero-order chi connectivity index (χ0) is 20.3. The van der Waals surface area contributed by atoms with E-state index < -0.39 is 11.5 Å². The number of primary amides is 1. The molecule has 3 rings (SSSR count). The van der Waals surface area contributed by atoms with Gasteiger partial charge in [-0.15, -0.1) is 0 Å². The molecule has 0 spiro atoms. The van der Waals surface area contributed by atoms with Gasteiger partial charge < -0.3 is 5.73 Å².